The van der Waals surface area contributed by atoms with Crippen LogP contribution in [0, 0.1) is 0 Å². The molecule has 0 radical (unpaired) electrons. The van der Waals surface area contributed by atoms with E-state index in [-0.39, 0.29) is 17.2 Å². The molecule has 0 fully saturated rings. The lowest BCUT2D eigenvalue weighted by molar-refractivity contribution is -0.113. The molecule has 0 atom stereocenters. The van der Waals surface area contributed by atoms with Crippen molar-refractivity contribution in [2.75, 3.05) is 11.1 Å². The molecule has 3 aromatic rings. The third kappa shape index (κ3) is 3.87. The Morgan fingerprint density at radius 2 is 1.96 bits per heavy atom. The number of amides is 1. The van der Waals surface area contributed by atoms with Gasteiger partial charge in [-0.25, -0.2) is 9.78 Å². The maximum Gasteiger partial charge on any atom is 0.335 e. The maximum atomic E-state index is 11.9. The van der Waals surface area contributed by atoms with E-state index in [0.29, 0.717) is 27.0 Å². The molecule has 0 aliphatic carbocycles. The van der Waals surface area contributed by atoms with Crippen molar-refractivity contribution >= 4 is 52.0 Å². The molecule has 2 N–H and O–H groups in total. The van der Waals surface area contributed by atoms with Gasteiger partial charge in [-0.3, -0.25) is 4.79 Å². The lowest BCUT2D eigenvalue weighted by Crippen LogP contribution is -2.14. The van der Waals surface area contributed by atoms with Crippen LogP contribution in [-0.2, 0) is 4.79 Å². The summed E-state index contributed by atoms with van der Waals surface area (Å²) in [5.41, 5.74) is 1.92. The van der Waals surface area contributed by atoms with Crippen molar-refractivity contribution in [3.8, 4) is 0 Å². The number of hydrogen-bond acceptors (Lipinski definition) is 5. The minimum Gasteiger partial charge on any atom is -0.478 e. The van der Waals surface area contributed by atoms with Gasteiger partial charge in [-0.15, -0.1) is 0 Å². The summed E-state index contributed by atoms with van der Waals surface area (Å²) in [5.74, 6) is -1.15. The molecule has 1 aromatic heterocycles. The zero-order valence-corrected chi connectivity index (χ0v) is 13.7. The molecule has 0 aliphatic heterocycles. The summed E-state index contributed by atoms with van der Waals surface area (Å²) < 4.78 is 5.51. The number of nitrogens with zero attached hydrogens (tertiary/aromatic N) is 1. The summed E-state index contributed by atoms with van der Waals surface area (Å²) >= 11 is 7.05. The highest BCUT2D eigenvalue weighted by Gasteiger charge is 2.10. The van der Waals surface area contributed by atoms with E-state index in [9.17, 15) is 9.59 Å². The van der Waals surface area contributed by atoms with Crippen molar-refractivity contribution in [3.63, 3.8) is 0 Å². The summed E-state index contributed by atoms with van der Waals surface area (Å²) in [7, 11) is 0. The second-order valence-electron chi connectivity index (χ2n) is 4.81. The first-order chi connectivity index (χ1) is 11.5. The first kappa shape index (κ1) is 16.4. The van der Waals surface area contributed by atoms with Crippen molar-refractivity contribution in [2.45, 2.75) is 5.22 Å². The zero-order chi connectivity index (χ0) is 17.1. The van der Waals surface area contributed by atoms with Crippen LogP contribution in [-0.4, -0.2) is 27.7 Å². The van der Waals surface area contributed by atoms with Gasteiger partial charge in [0.1, 0.15) is 5.52 Å². The summed E-state index contributed by atoms with van der Waals surface area (Å²) in [6.07, 6.45) is 0. The number of rotatable bonds is 5. The zero-order valence-electron chi connectivity index (χ0n) is 12.2. The third-order valence-electron chi connectivity index (χ3n) is 3.07. The van der Waals surface area contributed by atoms with Gasteiger partial charge in [0.25, 0.3) is 5.22 Å². The van der Waals surface area contributed by atoms with E-state index >= 15 is 0 Å². The summed E-state index contributed by atoms with van der Waals surface area (Å²) in [6, 6.07) is 11.0. The van der Waals surface area contributed by atoms with Gasteiger partial charge in [0.15, 0.2) is 5.58 Å². The number of hydrogen-bond donors (Lipinski definition) is 2. The molecule has 1 heterocycles. The van der Waals surface area contributed by atoms with Gasteiger partial charge in [0, 0.05) is 10.7 Å². The molecule has 0 unspecified atom stereocenters. The molecular formula is C16H11ClN2O4S. The largest absolute Gasteiger partial charge is 0.478 e. The van der Waals surface area contributed by atoms with Crippen LogP contribution >= 0.6 is 23.4 Å². The van der Waals surface area contributed by atoms with Crippen LogP contribution in [0.1, 0.15) is 10.4 Å². The quantitative estimate of drug-likeness (QED) is 0.668. The fraction of sp³-hybridized carbons (Fsp3) is 0.0625. The minimum atomic E-state index is -1.01. The van der Waals surface area contributed by atoms with Crippen molar-refractivity contribution in [3.05, 3.63) is 53.1 Å². The lowest BCUT2D eigenvalue weighted by Gasteiger charge is -2.04. The Bertz CT molecular complexity index is 908. The predicted molar refractivity (Wildman–Crippen MR) is 91.8 cm³/mol. The van der Waals surface area contributed by atoms with E-state index in [2.05, 4.69) is 10.3 Å². The fourth-order valence-electron chi connectivity index (χ4n) is 1.96. The molecule has 0 spiro atoms. The third-order valence-corrected chi connectivity index (χ3v) is 4.14. The molecule has 6 nitrogen and oxygen atoms in total. The van der Waals surface area contributed by atoms with E-state index in [1.807, 2.05) is 0 Å². The van der Waals surface area contributed by atoms with E-state index in [1.54, 1.807) is 18.2 Å². The molecule has 2 aromatic carbocycles. The molecule has 1 amide bonds. The van der Waals surface area contributed by atoms with Crippen molar-refractivity contribution in [1.82, 2.24) is 4.98 Å². The number of aromatic nitrogens is 1. The molecule has 122 valence electrons. The van der Waals surface area contributed by atoms with Crippen molar-refractivity contribution in [1.29, 1.82) is 0 Å². The lowest BCUT2D eigenvalue weighted by atomic mass is 10.2. The monoisotopic (exact) mass is 362 g/mol. The van der Waals surface area contributed by atoms with Crippen LogP contribution < -0.4 is 5.32 Å². The average molecular weight is 363 g/mol. The second-order valence-corrected chi connectivity index (χ2v) is 6.17. The summed E-state index contributed by atoms with van der Waals surface area (Å²) in [4.78, 5) is 27.0. The van der Waals surface area contributed by atoms with Crippen LogP contribution in [0.4, 0.5) is 5.69 Å². The molecular weight excluding hydrogens is 352 g/mol. The highest BCUT2D eigenvalue weighted by Crippen LogP contribution is 2.25. The number of oxazole rings is 1. The molecule has 8 heteroatoms. The number of aromatic carboxylic acids is 1. The molecule has 24 heavy (non-hydrogen) atoms. The minimum absolute atomic E-state index is 0.112. The number of benzene rings is 2. The fourth-order valence-corrected chi connectivity index (χ4v) is 2.77. The molecule has 0 saturated carbocycles. The van der Waals surface area contributed by atoms with Gasteiger partial charge in [-0.1, -0.05) is 23.4 Å². The van der Waals surface area contributed by atoms with Gasteiger partial charge < -0.3 is 14.8 Å². The Balaban J connectivity index is 1.59. The summed E-state index contributed by atoms with van der Waals surface area (Å²) in [5, 5.41) is 12.4. The van der Waals surface area contributed by atoms with Crippen LogP contribution in [0.2, 0.25) is 5.02 Å². The van der Waals surface area contributed by atoms with Gasteiger partial charge in [-0.2, -0.15) is 0 Å². The predicted octanol–water partition coefficient (Wildman–Crippen LogP) is 3.91. The van der Waals surface area contributed by atoms with E-state index in [0.717, 1.165) is 11.8 Å². The van der Waals surface area contributed by atoms with E-state index in [1.165, 1.54) is 24.3 Å². The smallest absolute Gasteiger partial charge is 0.335 e. The molecule has 0 saturated heterocycles. The highest BCUT2D eigenvalue weighted by molar-refractivity contribution is 7.99. The van der Waals surface area contributed by atoms with E-state index < -0.39 is 5.97 Å². The Morgan fingerprint density at radius 1 is 1.21 bits per heavy atom. The average Bonchev–Trinajstić information content (AvgIpc) is 2.95. The van der Waals surface area contributed by atoms with Crippen LogP contribution in [0.3, 0.4) is 0 Å². The normalized spacial score (nSPS) is 10.7. The number of fused-ring (bicyclic) bond motifs is 1. The Labute approximate surface area is 145 Å². The number of thioether (sulfide) groups is 1. The van der Waals surface area contributed by atoms with Crippen molar-refractivity contribution < 1.29 is 19.1 Å². The number of carbonyl (C=O) groups is 2. The molecule has 0 aliphatic rings. The first-order valence-corrected chi connectivity index (χ1v) is 8.20. The number of anilines is 1. The Kier molecular flexibility index (Phi) is 4.73. The molecule has 0 bridgehead atoms. The first-order valence-electron chi connectivity index (χ1n) is 6.83. The number of halogens is 1. The van der Waals surface area contributed by atoms with Gasteiger partial charge in [0.05, 0.1) is 11.3 Å². The summed E-state index contributed by atoms with van der Waals surface area (Å²) in [6.45, 7) is 0. The number of nitrogens with one attached hydrogen (secondary N) is 1. The number of carboxylic acid groups (broad SMARTS) is 1. The van der Waals surface area contributed by atoms with Gasteiger partial charge in [-0.05, 0) is 42.5 Å². The SMILES string of the molecule is O=C(CSc1nc2cc(Cl)ccc2o1)Nc1ccc(C(=O)O)cc1. The van der Waals surface area contributed by atoms with Crippen molar-refractivity contribution in [2.24, 2.45) is 0 Å². The van der Waals surface area contributed by atoms with Crippen LogP contribution in [0.25, 0.3) is 11.1 Å². The Morgan fingerprint density at radius 3 is 2.67 bits per heavy atom. The van der Waals surface area contributed by atoms with Crippen LogP contribution in [0.15, 0.2) is 52.1 Å². The number of carboxylic acids is 1. The standard InChI is InChI=1S/C16H11ClN2O4S/c17-10-3-6-13-12(7-10)19-16(23-13)24-8-14(20)18-11-4-1-9(2-5-11)15(21)22/h1-7H,8H2,(H,18,20)(H,21,22). The molecule has 3 rings (SSSR count). The number of carbonyl (C=O) groups excluding carboxylic acids is 1. The maximum absolute atomic E-state index is 11.9. The highest BCUT2D eigenvalue weighted by atomic mass is 35.5. The second kappa shape index (κ2) is 6.94. The van der Waals surface area contributed by atoms with Gasteiger partial charge in [0.2, 0.25) is 5.91 Å². The van der Waals surface area contributed by atoms with Gasteiger partial charge >= 0.3 is 5.97 Å². The topological polar surface area (TPSA) is 92.4 Å². The van der Waals surface area contributed by atoms with E-state index in [4.69, 9.17) is 21.1 Å². The van der Waals surface area contributed by atoms with Crippen LogP contribution in [0.5, 0.6) is 0 Å². The Hall–Kier alpha value is -2.51.